The molecule has 1 aromatic heterocycles. The van der Waals surface area contributed by atoms with Crippen LogP contribution < -0.4 is 21.4 Å². The maximum absolute atomic E-state index is 12.7. The molecule has 1 aliphatic carbocycles. The number of hydrogen-bond acceptors (Lipinski definition) is 5. The number of nitrogens with two attached hydrogens (primary N) is 1. The number of anilines is 1. The van der Waals surface area contributed by atoms with Crippen LogP contribution in [0.1, 0.15) is 48.2 Å². The highest BCUT2D eigenvalue weighted by molar-refractivity contribution is 6.05. The van der Waals surface area contributed by atoms with Crippen molar-refractivity contribution in [3.8, 4) is 5.75 Å². The summed E-state index contributed by atoms with van der Waals surface area (Å²) >= 11 is 0. The first-order chi connectivity index (χ1) is 13.9. The summed E-state index contributed by atoms with van der Waals surface area (Å²) in [5, 5.41) is 3.44. The first-order valence-corrected chi connectivity index (χ1v) is 9.88. The Kier molecular flexibility index (Phi) is 4.88. The number of amides is 1. The van der Waals surface area contributed by atoms with Gasteiger partial charge in [-0.25, -0.2) is 4.79 Å². The van der Waals surface area contributed by atoms with Crippen molar-refractivity contribution in [2.75, 3.05) is 11.9 Å². The maximum Gasteiger partial charge on any atom is 0.349 e. The van der Waals surface area contributed by atoms with Gasteiger partial charge in [0.15, 0.2) is 0 Å². The largest absolute Gasteiger partial charge is 0.493 e. The van der Waals surface area contributed by atoms with Crippen molar-refractivity contribution >= 4 is 22.6 Å². The fourth-order valence-corrected chi connectivity index (χ4v) is 3.52. The molecule has 3 N–H and O–H groups in total. The predicted molar refractivity (Wildman–Crippen MR) is 113 cm³/mol. The lowest BCUT2D eigenvalue weighted by atomic mass is 10.1. The fourth-order valence-electron chi connectivity index (χ4n) is 3.52. The van der Waals surface area contributed by atoms with Crippen LogP contribution in [0.3, 0.4) is 0 Å². The average Bonchev–Trinajstić information content (AvgIpc) is 3.46. The molecule has 29 heavy (non-hydrogen) atoms. The third-order valence-corrected chi connectivity index (χ3v) is 5.37. The zero-order valence-electron chi connectivity index (χ0n) is 16.6. The molecular weight excluding hydrogens is 368 g/mol. The van der Waals surface area contributed by atoms with E-state index in [0.29, 0.717) is 35.4 Å². The Bertz CT molecular complexity index is 1130. The van der Waals surface area contributed by atoms with Crippen LogP contribution in [0.4, 0.5) is 5.69 Å². The van der Waals surface area contributed by atoms with E-state index in [9.17, 15) is 9.59 Å². The van der Waals surface area contributed by atoms with Crippen molar-refractivity contribution in [2.45, 2.75) is 38.6 Å². The van der Waals surface area contributed by atoms with Gasteiger partial charge < -0.3 is 20.2 Å². The molecule has 1 amide bonds. The van der Waals surface area contributed by atoms with Crippen molar-refractivity contribution in [3.05, 3.63) is 69.6 Å². The Morgan fingerprint density at radius 2 is 1.90 bits per heavy atom. The molecular formula is C23H24N2O4. The highest BCUT2D eigenvalue weighted by Gasteiger charge is 2.39. The highest BCUT2D eigenvalue weighted by atomic mass is 16.5. The van der Waals surface area contributed by atoms with Gasteiger partial charge in [0.2, 0.25) is 0 Å². The summed E-state index contributed by atoms with van der Waals surface area (Å²) in [7, 11) is 0. The van der Waals surface area contributed by atoms with Gasteiger partial charge >= 0.3 is 5.63 Å². The molecule has 0 unspecified atom stereocenters. The third-order valence-electron chi connectivity index (χ3n) is 5.37. The molecule has 0 bridgehead atoms. The summed E-state index contributed by atoms with van der Waals surface area (Å²) in [5.41, 5.74) is 8.19. The van der Waals surface area contributed by atoms with Crippen LogP contribution >= 0.6 is 0 Å². The normalized spacial score (nSPS) is 14.6. The minimum atomic E-state index is -0.672. The summed E-state index contributed by atoms with van der Waals surface area (Å²) in [6, 6.07) is 12.6. The van der Waals surface area contributed by atoms with Crippen LogP contribution in [0.25, 0.3) is 11.0 Å². The molecule has 0 radical (unpaired) electrons. The minimum Gasteiger partial charge on any atom is -0.493 e. The summed E-state index contributed by atoms with van der Waals surface area (Å²) in [6.07, 6.45) is 2.60. The quantitative estimate of drug-likeness (QED) is 0.619. The molecule has 1 saturated carbocycles. The molecule has 6 heteroatoms. The van der Waals surface area contributed by atoms with Crippen LogP contribution in [-0.2, 0) is 12.0 Å². The van der Waals surface area contributed by atoms with E-state index >= 15 is 0 Å². The lowest BCUT2D eigenvalue weighted by Crippen LogP contribution is -2.21. The number of carbonyl (C=O) groups is 1. The van der Waals surface area contributed by atoms with Crippen molar-refractivity contribution < 1.29 is 13.9 Å². The van der Waals surface area contributed by atoms with E-state index in [1.165, 1.54) is 0 Å². The van der Waals surface area contributed by atoms with Crippen LogP contribution in [0, 0.1) is 0 Å². The van der Waals surface area contributed by atoms with E-state index < -0.39 is 11.5 Å². The van der Waals surface area contributed by atoms with Crippen molar-refractivity contribution in [3.63, 3.8) is 0 Å². The minimum absolute atomic E-state index is 0.0368. The zero-order chi connectivity index (χ0) is 20.6. The molecule has 3 aromatic rings. The van der Waals surface area contributed by atoms with Gasteiger partial charge in [-0.05, 0) is 62.1 Å². The maximum atomic E-state index is 12.7. The Labute approximate surface area is 168 Å². The Balaban J connectivity index is 1.63. The third kappa shape index (κ3) is 3.63. The van der Waals surface area contributed by atoms with Crippen LogP contribution in [-0.4, -0.2) is 12.5 Å². The number of carbonyl (C=O) groups excluding carboxylic acids is 1. The van der Waals surface area contributed by atoms with Gasteiger partial charge in [-0.15, -0.1) is 0 Å². The van der Waals surface area contributed by atoms with Gasteiger partial charge in [0.05, 0.1) is 6.61 Å². The van der Waals surface area contributed by atoms with Crippen LogP contribution in [0.2, 0.25) is 0 Å². The molecule has 150 valence electrons. The number of rotatable bonds is 6. The smallest absolute Gasteiger partial charge is 0.349 e. The zero-order valence-corrected chi connectivity index (χ0v) is 16.6. The Morgan fingerprint density at radius 1 is 1.17 bits per heavy atom. The van der Waals surface area contributed by atoms with Gasteiger partial charge in [0, 0.05) is 22.2 Å². The van der Waals surface area contributed by atoms with Crippen molar-refractivity contribution in [1.82, 2.24) is 0 Å². The molecule has 1 fully saturated rings. The van der Waals surface area contributed by atoms with E-state index in [1.54, 1.807) is 24.3 Å². The highest BCUT2D eigenvalue weighted by Crippen LogP contribution is 2.42. The van der Waals surface area contributed by atoms with E-state index in [0.717, 1.165) is 24.0 Å². The number of ether oxygens (including phenoxy) is 1. The molecule has 0 atom stereocenters. The lowest BCUT2D eigenvalue weighted by Gasteiger charge is -2.12. The van der Waals surface area contributed by atoms with Crippen LogP contribution in [0.15, 0.2) is 51.7 Å². The predicted octanol–water partition coefficient (Wildman–Crippen LogP) is 3.95. The second kappa shape index (κ2) is 7.37. The van der Waals surface area contributed by atoms with E-state index in [4.69, 9.17) is 14.9 Å². The topological polar surface area (TPSA) is 94.6 Å². The molecule has 0 spiro atoms. The average molecular weight is 392 g/mol. The Hall–Kier alpha value is -3.12. The van der Waals surface area contributed by atoms with Gasteiger partial charge in [0.25, 0.3) is 5.91 Å². The molecule has 4 rings (SSSR count). The Morgan fingerprint density at radius 3 is 2.52 bits per heavy atom. The van der Waals surface area contributed by atoms with E-state index in [-0.39, 0.29) is 11.1 Å². The number of aryl methyl sites for hydroxylation is 1. The second-order valence-corrected chi connectivity index (χ2v) is 7.38. The fraction of sp³-hybridized carbons (Fsp3) is 0.304. The number of nitrogens with one attached hydrogen (secondary N) is 1. The van der Waals surface area contributed by atoms with Gasteiger partial charge in [-0.2, -0.15) is 0 Å². The monoisotopic (exact) mass is 392 g/mol. The molecule has 1 heterocycles. The van der Waals surface area contributed by atoms with Crippen LogP contribution in [0.5, 0.6) is 5.75 Å². The summed E-state index contributed by atoms with van der Waals surface area (Å²) in [5.74, 6) is 0.186. The standard InChI is InChI=1S/C23H24N2O4/c1-3-17-19(28-4-2)10-5-14-13-18(22(27)29-20(14)17)21(26)25-16-8-6-15(7-9-16)23(24)11-12-23/h5-10,13H,3-4,11-12,24H2,1-2H3,(H,25,26). The van der Waals surface area contributed by atoms with E-state index in [1.807, 2.05) is 32.0 Å². The van der Waals surface area contributed by atoms with Crippen molar-refractivity contribution in [1.29, 1.82) is 0 Å². The molecule has 0 saturated heterocycles. The number of benzene rings is 2. The molecule has 2 aromatic carbocycles. The number of fused-ring (bicyclic) bond motifs is 1. The van der Waals surface area contributed by atoms with Gasteiger partial charge in [-0.1, -0.05) is 19.1 Å². The van der Waals surface area contributed by atoms with Crippen molar-refractivity contribution in [2.24, 2.45) is 5.73 Å². The van der Waals surface area contributed by atoms with Gasteiger partial charge in [-0.3, -0.25) is 4.79 Å². The molecule has 6 nitrogen and oxygen atoms in total. The first-order valence-electron chi connectivity index (χ1n) is 9.88. The second-order valence-electron chi connectivity index (χ2n) is 7.38. The molecule has 1 aliphatic rings. The van der Waals surface area contributed by atoms with E-state index in [2.05, 4.69) is 5.32 Å². The summed E-state index contributed by atoms with van der Waals surface area (Å²) in [4.78, 5) is 25.2. The molecule has 0 aliphatic heterocycles. The summed E-state index contributed by atoms with van der Waals surface area (Å²) < 4.78 is 11.1. The SMILES string of the molecule is CCOc1ccc2cc(C(=O)Nc3ccc(C4(N)CC4)cc3)c(=O)oc2c1CC. The number of hydrogen-bond donors (Lipinski definition) is 2. The first kappa shape index (κ1) is 19.2. The summed E-state index contributed by atoms with van der Waals surface area (Å²) in [6.45, 7) is 4.39. The van der Waals surface area contributed by atoms with Gasteiger partial charge in [0.1, 0.15) is 16.9 Å². The lowest BCUT2D eigenvalue weighted by molar-refractivity contribution is 0.102.